The lowest BCUT2D eigenvalue weighted by atomic mass is 9.94. The van der Waals surface area contributed by atoms with Crippen LogP contribution in [0.2, 0.25) is 0 Å². The molecule has 248 valence electrons. The van der Waals surface area contributed by atoms with Gasteiger partial charge in [-0.15, -0.1) is 0 Å². The van der Waals surface area contributed by atoms with E-state index in [0.717, 1.165) is 71.8 Å². The van der Waals surface area contributed by atoms with Crippen molar-refractivity contribution < 1.29 is 4.42 Å². The van der Waals surface area contributed by atoms with Crippen LogP contribution in [0.25, 0.3) is 100 Å². The maximum Gasteiger partial charge on any atom is 0.164 e. The summed E-state index contributed by atoms with van der Waals surface area (Å²) in [5, 5.41) is 4.45. The number of benzene rings is 8. The average molecular weight is 678 g/mol. The second-order valence-corrected chi connectivity index (χ2v) is 13.3. The largest absolute Gasteiger partial charge is 0.456 e. The summed E-state index contributed by atoms with van der Waals surface area (Å²) < 4.78 is 6.70. The predicted octanol–water partition coefficient (Wildman–Crippen LogP) is 12.9. The van der Waals surface area contributed by atoms with Gasteiger partial charge in [0.1, 0.15) is 11.2 Å². The zero-order valence-electron chi connectivity index (χ0n) is 28.6. The van der Waals surface area contributed by atoms with Crippen LogP contribution in [0.4, 0.5) is 0 Å². The smallest absolute Gasteiger partial charge is 0.164 e. The van der Waals surface area contributed by atoms with Crippen molar-refractivity contribution in [3.63, 3.8) is 0 Å². The third-order valence-corrected chi connectivity index (χ3v) is 9.90. The molecule has 53 heavy (non-hydrogen) atoms. The summed E-state index contributed by atoms with van der Waals surface area (Å²) in [6.07, 6.45) is 0. The molecule has 8 aromatic carbocycles. The van der Waals surface area contributed by atoms with Crippen LogP contribution in [0.15, 0.2) is 192 Å². The molecule has 0 radical (unpaired) electrons. The van der Waals surface area contributed by atoms with Crippen LogP contribution in [0, 0.1) is 0 Å². The highest BCUT2D eigenvalue weighted by Gasteiger charge is 2.19. The molecule has 4 heteroatoms. The summed E-state index contributed by atoms with van der Waals surface area (Å²) in [4.78, 5) is 15.3. The summed E-state index contributed by atoms with van der Waals surface area (Å²) >= 11 is 0. The van der Waals surface area contributed by atoms with E-state index in [1.807, 2.05) is 42.5 Å². The van der Waals surface area contributed by atoms with Crippen molar-refractivity contribution in [2.75, 3.05) is 0 Å². The van der Waals surface area contributed by atoms with Gasteiger partial charge in [-0.25, -0.2) is 15.0 Å². The van der Waals surface area contributed by atoms with Gasteiger partial charge in [0.15, 0.2) is 17.5 Å². The number of rotatable bonds is 6. The van der Waals surface area contributed by atoms with Crippen LogP contribution < -0.4 is 0 Å². The Bertz CT molecular complexity index is 2920. The zero-order chi connectivity index (χ0) is 35.1. The van der Waals surface area contributed by atoms with Crippen LogP contribution in [0.5, 0.6) is 0 Å². The van der Waals surface area contributed by atoms with E-state index in [1.54, 1.807) is 0 Å². The molecule has 0 aliphatic rings. The minimum atomic E-state index is 0.577. The lowest BCUT2D eigenvalue weighted by molar-refractivity contribution is 0.669. The summed E-state index contributed by atoms with van der Waals surface area (Å²) in [5.41, 5.74) is 11.0. The summed E-state index contributed by atoms with van der Waals surface area (Å²) in [7, 11) is 0. The highest BCUT2D eigenvalue weighted by atomic mass is 16.3. The SMILES string of the molecule is c1ccc(-c2ccc(-c3cc(-c4nc(-c5ccccc5)nc(-c5cccc(-c6ccccc6)c5)n4)cc4oc5cc6ccccc6cc5c34)cc2)cc1. The first-order valence-electron chi connectivity index (χ1n) is 17.8. The van der Waals surface area contributed by atoms with Crippen molar-refractivity contribution in [2.45, 2.75) is 0 Å². The van der Waals surface area contributed by atoms with Crippen LogP contribution in [-0.4, -0.2) is 15.0 Å². The maximum atomic E-state index is 6.70. The van der Waals surface area contributed by atoms with E-state index in [2.05, 4.69) is 146 Å². The summed E-state index contributed by atoms with van der Waals surface area (Å²) in [6.45, 7) is 0. The first kappa shape index (κ1) is 30.6. The number of furan rings is 1. The zero-order valence-corrected chi connectivity index (χ0v) is 28.6. The normalized spacial score (nSPS) is 11.4. The lowest BCUT2D eigenvalue weighted by Gasteiger charge is -2.12. The van der Waals surface area contributed by atoms with E-state index in [1.165, 1.54) is 10.9 Å². The molecule has 0 fully saturated rings. The molecule has 0 atom stereocenters. The van der Waals surface area contributed by atoms with Gasteiger partial charge in [-0.2, -0.15) is 0 Å². The molecule has 0 amide bonds. The van der Waals surface area contributed by atoms with E-state index < -0.39 is 0 Å². The minimum Gasteiger partial charge on any atom is -0.456 e. The molecular formula is C49H31N3O. The van der Waals surface area contributed by atoms with Crippen molar-refractivity contribution >= 4 is 32.7 Å². The number of hydrogen-bond donors (Lipinski definition) is 0. The Morgan fingerprint density at radius 3 is 1.47 bits per heavy atom. The Hall–Kier alpha value is -7.17. The predicted molar refractivity (Wildman–Crippen MR) is 217 cm³/mol. The topological polar surface area (TPSA) is 51.8 Å². The van der Waals surface area contributed by atoms with E-state index in [9.17, 15) is 0 Å². The Balaban J connectivity index is 1.20. The second-order valence-electron chi connectivity index (χ2n) is 13.3. The fourth-order valence-corrected chi connectivity index (χ4v) is 7.24. The molecule has 2 heterocycles. The van der Waals surface area contributed by atoms with Crippen LogP contribution in [-0.2, 0) is 0 Å². The van der Waals surface area contributed by atoms with Crippen LogP contribution in [0.3, 0.4) is 0 Å². The van der Waals surface area contributed by atoms with Crippen molar-refractivity contribution in [1.29, 1.82) is 0 Å². The highest BCUT2D eigenvalue weighted by Crippen LogP contribution is 2.42. The fourth-order valence-electron chi connectivity index (χ4n) is 7.24. The Labute approximate surface area is 306 Å². The van der Waals surface area contributed by atoms with Crippen LogP contribution >= 0.6 is 0 Å². The fraction of sp³-hybridized carbons (Fsp3) is 0. The van der Waals surface area contributed by atoms with E-state index in [0.29, 0.717) is 17.5 Å². The molecule has 0 aliphatic heterocycles. The first-order chi connectivity index (χ1) is 26.2. The van der Waals surface area contributed by atoms with E-state index in [-0.39, 0.29) is 0 Å². The molecule has 0 N–H and O–H groups in total. The summed E-state index contributed by atoms with van der Waals surface area (Å²) in [6, 6.07) is 65.2. The molecule has 0 spiro atoms. The molecule has 0 aliphatic carbocycles. The third kappa shape index (κ3) is 5.73. The monoisotopic (exact) mass is 677 g/mol. The van der Waals surface area contributed by atoms with Gasteiger partial charge in [-0.3, -0.25) is 0 Å². The van der Waals surface area contributed by atoms with E-state index >= 15 is 0 Å². The molecule has 0 saturated heterocycles. The standard InChI is InChI=1S/C49H31N3O/c1-4-13-32(14-5-1)34-23-25-35(26-24-34)42-29-41(31-45-46(42)43-28-38-19-10-11-20-39(38)30-44(43)53-45)49-51-47(36-17-8-3-9-18-36)50-48(52-49)40-22-12-21-37(27-40)33-15-6-2-7-16-33/h1-31H. The Morgan fingerprint density at radius 1 is 0.302 bits per heavy atom. The van der Waals surface area contributed by atoms with Gasteiger partial charge in [-0.1, -0.05) is 158 Å². The van der Waals surface area contributed by atoms with Gasteiger partial charge in [-0.05, 0) is 74.5 Å². The number of aromatic nitrogens is 3. The van der Waals surface area contributed by atoms with Crippen molar-refractivity contribution in [3.05, 3.63) is 188 Å². The lowest BCUT2D eigenvalue weighted by Crippen LogP contribution is -2.00. The van der Waals surface area contributed by atoms with Gasteiger partial charge in [0.2, 0.25) is 0 Å². The molecule has 10 aromatic rings. The molecule has 0 unspecified atom stereocenters. The minimum absolute atomic E-state index is 0.577. The van der Waals surface area contributed by atoms with Gasteiger partial charge >= 0.3 is 0 Å². The Morgan fingerprint density at radius 2 is 0.792 bits per heavy atom. The van der Waals surface area contributed by atoms with Crippen molar-refractivity contribution in [2.24, 2.45) is 0 Å². The van der Waals surface area contributed by atoms with Crippen molar-refractivity contribution in [3.8, 4) is 67.5 Å². The highest BCUT2D eigenvalue weighted by molar-refractivity contribution is 6.16. The maximum absolute atomic E-state index is 6.70. The quantitative estimate of drug-likeness (QED) is 0.176. The molecule has 0 saturated carbocycles. The number of nitrogens with zero attached hydrogens (tertiary/aromatic N) is 3. The second kappa shape index (κ2) is 12.9. The molecule has 2 aromatic heterocycles. The third-order valence-electron chi connectivity index (χ3n) is 9.90. The molecule has 0 bridgehead atoms. The van der Waals surface area contributed by atoms with Gasteiger partial charge < -0.3 is 4.42 Å². The van der Waals surface area contributed by atoms with Crippen molar-refractivity contribution in [1.82, 2.24) is 15.0 Å². The van der Waals surface area contributed by atoms with Gasteiger partial charge in [0.05, 0.1) is 0 Å². The number of hydrogen-bond acceptors (Lipinski definition) is 4. The van der Waals surface area contributed by atoms with Crippen LogP contribution in [0.1, 0.15) is 0 Å². The van der Waals surface area contributed by atoms with Gasteiger partial charge in [0, 0.05) is 27.5 Å². The summed E-state index contributed by atoms with van der Waals surface area (Å²) in [5.74, 6) is 1.80. The number of fused-ring (bicyclic) bond motifs is 4. The van der Waals surface area contributed by atoms with Gasteiger partial charge in [0.25, 0.3) is 0 Å². The Kier molecular flexibility index (Phi) is 7.43. The molecule has 10 rings (SSSR count). The average Bonchev–Trinajstić information content (AvgIpc) is 3.60. The molecular weight excluding hydrogens is 647 g/mol. The molecule has 4 nitrogen and oxygen atoms in total. The van der Waals surface area contributed by atoms with E-state index in [4.69, 9.17) is 19.4 Å². The first-order valence-corrected chi connectivity index (χ1v) is 17.8.